The van der Waals surface area contributed by atoms with Gasteiger partial charge in [0.25, 0.3) is 0 Å². The highest BCUT2D eigenvalue weighted by molar-refractivity contribution is 7.89. The van der Waals surface area contributed by atoms with Gasteiger partial charge in [-0.3, -0.25) is 0 Å². The summed E-state index contributed by atoms with van der Waals surface area (Å²) in [5.41, 5.74) is 0.717. The lowest BCUT2D eigenvalue weighted by Gasteiger charge is -2.26. The number of benzene rings is 1. The van der Waals surface area contributed by atoms with Crippen molar-refractivity contribution < 1.29 is 21.6 Å². The lowest BCUT2D eigenvalue weighted by Crippen LogP contribution is -2.43. The van der Waals surface area contributed by atoms with E-state index in [1.165, 1.54) is 29.8 Å². The predicted octanol–water partition coefficient (Wildman–Crippen LogP) is 1.49. The Morgan fingerprint density at radius 2 is 1.84 bits per heavy atom. The molecule has 1 aromatic carbocycles. The zero-order chi connectivity index (χ0) is 18.7. The van der Waals surface area contributed by atoms with Gasteiger partial charge in [0.2, 0.25) is 20.0 Å². The third-order valence-electron chi connectivity index (χ3n) is 4.46. The van der Waals surface area contributed by atoms with E-state index in [2.05, 4.69) is 4.72 Å². The maximum atomic E-state index is 12.4. The normalized spacial score (nSPS) is 16.5. The number of rotatable bonds is 8. The van der Waals surface area contributed by atoms with Crippen molar-refractivity contribution in [3.63, 3.8) is 0 Å². The molecule has 25 heavy (non-hydrogen) atoms. The Morgan fingerprint density at radius 3 is 2.36 bits per heavy atom. The van der Waals surface area contributed by atoms with Gasteiger partial charge in [-0.2, -0.15) is 4.31 Å². The van der Waals surface area contributed by atoms with Crippen LogP contribution in [0.4, 0.5) is 0 Å². The minimum Gasteiger partial charge on any atom is -0.496 e. The van der Waals surface area contributed by atoms with Gasteiger partial charge >= 0.3 is 0 Å². The molecule has 0 heterocycles. The third kappa shape index (κ3) is 5.16. The van der Waals surface area contributed by atoms with Crippen molar-refractivity contribution in [3.05, 3.63) is 23.8 Å². The lowest BCUT2D eigenvalue weighted by molar-refractivity contribution is 0.328. The molecule has 2 rings (SSSR count). The molecule has 0 saturated heterocycles. The van der Waals surface area contributed by atoms with Crippen LogP contribution in [0, 0.1) is 6.92 Å². The van der Waals surface area contributed by atoms with Crippen molar-refractivity contribution in [1.82, 2.24) is 9.03 Å². The van der Waals surface area contributed by atoms with Gasteiger partial charge in [-0.25, -0.2) is 21.6 Å². The summed E-state index contributed by atoms with van der Waals surface area (Å²) in [4.78, 5) is 0.137. The number of methoxy groups -OCH3 is 1. The minimum atomic E-state index is -3.70. The summed E-state index contributed by atoms with van der Waals surface area (Å²) in [7, 11) is -5.54. The summed E-state index contributed by atoms with van der Waals surface area (Å²) in [5, 5.41) is 0. The fourth-order valence-electron chi connectivity index (χ4n) is 3.20. The first kappa shape index (κ1) is 20.2. The third-order valence-corrected chi connectivity index (χ3v) is 7.25. The van der Waals surface area contributed by atoms with Gasteiger partial charge in [0, 0.05) is 19.1 Å². The average molecular weight is 391 g/mol. The summed E-state index contributed by atoms with van der Waals surface area (Å²) < 4.78 is 57.9. The lowest BCUT2D eigenvalue weighted by atomic mass is 10.2. The number of nitrogens with one attached hydrogen (secondary N) is 1. The van der Waals surface area contributed by atoms with E-state index < -0.39 is 20.0 Å². The molecule has 7 nitrogen and oxygen atoms in total. The van der Waals surface area contributed by atoms with Crippen LogP contribution < -0.4 is 9.46 Å². The Morgan fingerprint density at radius 1 is 1.20 bits per heavy atom. The maximum Gasteiger partial charge on any atom is 0.240 e. The molecule has 0 radical (unpaired) electrons. The first-order valence-corrected chi connectivity index (χ1v) is 11.6. The van der Waals surface area contributed by atoms with Crippen LogP contribution in [0.25, 0.3) is 0 Å². The maximum absolute atomic E-state index is 12.4. The SMILES string of the molecule is COc1ccc(S(=O)(=O)NCCN(C2CCCC2)S(C)(=O)=O)cc1C. The Hall–Kier alpha value is -1.16. The Labute approximate surface area is 150 Å². The van der Waals surface area contributed by atoms with E-state index in [4.69, 9.17) is 4.74 Å². The number of aryl methyl sites for hydroxylation is 1. The molecule has 142 valence electrons. The van der Waals surface area contributed by atoms with Crippen LogP contribution >= 0.6 is 0 Å². The van der Waals surface area contributed by atoms with Gasteiger partial charge in [0.1, 0.15) is 5.75 Å². The monoisotopic (exact) mass is 390 g/mol. The van der Waals surface area contributed by atoms with Crippen molar-refractivity contribution >= 4 is 20.0 Å². The highest BCUT2D eigenvalue weighted by Gasteiger charge is 2.29. The van der Waals surface area contributed by atoms with E-state index in [9.17, 15) is 16.8 Å². The van der Waals surface area contributed by atoms with Crippen LogP contribution in [-0.2, 0) is 20.0 Å². The number of ether oxygens (including phenoxy) is 1. The van der Waals surface area contributed by atoms with E-state index in [1.54, 1.807) is 13.0 Å². The van der Waals surface area contributed by atoms with Crippen LogP contribution in [0.15, 0.2) is 23.1 Å². The van der Waals surface area contributed by atoms with E-state index >= 15 is 0 Å². The van der Waals surface area contributed by atoms with Gasteiger partial charge in [0.15, 0.2) is 0 Å². The van der Waals surface area contributed by atoms with Crippen molar-refractivity contribution in [2.24, 2.45) is 0 Å². The van der Waals surface area contributed by atoms with E-state index in [0.29, 0.717) is 11.3 Å². The number of hydrogen-bond acceptors (Lipinski definition) is 5. The van der Waals surface area contributed by atoms with Crippen LogP contribution in [-0.4, -0.2) is 53.6 Å². The van der Waals surface area contributed by atoms with Gasteiger partial charge in [-0.1, -0.05) is 12.8 Å². The first-order chi connectivity index (χ1) is 11.6. The molecule has 0 aromatic heterocycles. The van der Waals surface area contributed by atoms with Gasteiger partial charge < -0.3 is 4.74 Å². The number of sulfonamides is 2. The summed E-state index contributed by atoms with van der Waals surface area (Å²) in [6, 6.07) is 4.58. The van der Waals surface area contributed by atoms with Crippen LogP contribution in [0.1, 0.15) is 31.2 Å². The minimum absolute atomic E-state index is 0.0252. The highest BCUT2D eigenvalue weighted by atomic mass is 32.2. The van der Waals surface area contributed by atoms with Crippen LogP contribution in [0.5, 0.6) is 5.75 Å². The summed E-state index contributed by atoms with van der Waals surface area (Å²) >= 11 is 0. The molecule has 9 heteroatoms. The zero-order valence-corrected chi connectivity index (χ0v) is 16.5. The largest absolute Gasteiger partial charge is 0.496 e. The van der Waals surface area contributed by atoms with Crippen molar-refractivity contribution in [2.75, 3.05) is 26.5 Å². The quantitative estimate of drug-likeness (QED) is 0.726. The van der Waals surface area contributed by atoms with Gasteiger partial charge in [-0.05, 0) is 43.5 Å². The fourth-order valence-corrected chi connectivity index (χ4v) is 5.48. The molecule has 0 atom stereocenters. The van der Waals surface area contributed by atoms with Crippen molar-refractivity contribution in [3.8, 4) is 5.75 Å². The second kappa shape index (κ2) is 8.03. The average Bonchev–Trinajstić information content (AvgIpc) is 3.04. The Kier molecular flexibility index (Phi) is 6.47. The molecule has 1 aromatic rings. The van der Waals surface area contributed by atoms with E-state index in [1.807, 2.05) is 0 Å². The van der Waals surface area contributed by atoms with Gasteiger partial charge in [-0.15, -0.1) is 0 Å². The molecule has 0 aliphatic heterocycles. The topological polar surface area (TPSA) is 92.8 Å². The highest BCUT2D eigenvalue weighted by Crippen LogP contribution is 2.25. The second-order valence-corrected chi connectivity index (χ2v) is 10.0. The van der Waals surface area contributed by atoms with Crippen LogP contribution in [0.2, 0.25) is 0 Å². The number of hydrogen-bond donors (Lipinski definition) is 1. The zero-order valence-electron chi connectivity index (χ0n) is 14.9. The molecule has 1 fully saturated rings. The smallest absolute Gasteiger partial charge is 0.240 e. The molecule has 1 saturated carbocycles. The predicted molar refractivity (Wildman–Crippen MR) is 96.7 cm³/mol. The van der Waals surface area contributed by atoms with Crippen molar-refractivity contribution in [2.45, 2.75) is 43.5 Å². The number of nitrogens with zero attached hydrogens (tertiary/aromatic N) is 1. The van der Waals surface area contributed by atoms with E-state index in [-0.39, 0.29) is 24.0 Å². The van der Waals surface area contributed by atoms with E-state index in [0.717, 1.165) is 25.7 Å². The Balaban J connectivity index is 2.04. The summed E-state index contributed by atoms with van der Waals surface area (Å²) in [6.45, 7) is 1.94. The molecular weight excluding hydrogens is 364 g/mol. The first-order valence-electron chi connectivity index (χ1n) is 8.26. The van der Waals surface area contributed by atoms with Crippen LogP contribution in [0.3, 0.4) is 0 Å². The molecule has 0 bridgehead atoms. The molecule has 1 N–H and O–H groups in total. The molecule has 0 spiro atoms. The standard InChI is InChI=1S/C16H26N2O5S2/c1-13-12-15(8-9-16(13)23-2)25(21,22)17-10-11-18(24(3,19)20)14-6-4-5-7-14/h8-9,12,14,17H,4-7,10-11H2,1-3H3. The molecule has 1 aliphatic carbocycles. The van der Waals surface area contributed by atoms with Crippen molar-refractivity contribution in [1.29, 1.82) is 0 Å². The molecule has 0 unspecified atom stereocenters. The summed E-state index contributed by atoms with van der Waals surface area (Å²) in [5.74, 6) is 0.614. The van der Waals surface area contributed by atoms with Gasteiger partial charge in [0.05, 0.1) is 18.3 Å². The molecular formula is C16H26N2O5S2. The molecule has 0 amide bonds. The summed E-state index contributed by atoms with van der Waals surface area (Å²) in [6.07, 6.45) is 4.85. The Bertz CT molecular complexity index is 800. The fraction of sp³-hybridized carbons (Fsp3) is 0.625. The molecule has 1 aliphatic rings. The second-order valence-electron chi connectivity index (χ2n) is 6.34.